The van der Waals surface area contributed by atoms with Crippen molar-refractivity contribution in [2.24, 2.45) is 0 Å². The van der Waals surface area contributed by atoms with Crippen LogP contribution in [0.5, 0.6) is 0 Å². The van der Waals surface area contributed by atoms with Gasteiger partial charge in [0.05, 0.1) is 24.6 Å². The van der Waals surface area contributed by atoms with Gasteiger partial charge >= 0.3 is 18.1 Å². The molecule has 1 saturated heterocycles. The number of alkyl halides is 3. The van der Waals surface area contributed by atoms with Gasteiger partial charge in [-0.1, -0.05) is 5.16 Å². The molecule has 0 saturated carbocycles. The molecule has 0 atom stereocenters. The fourth-order valence-corrected chi connectivity index (χ4v) is 4.14. The van der Waals surface area contributed by atoms with Crippen LogP contribution in [0.25, 0.3) is 10.7 Å². The molecule has 2 aromatic heterocycles. The molecule has 2 aromatic rings. The number of ether oxygens (including phenoxy) is 1. The van der Waals surface area contributed by atoms with Crippen LogP contribution in [0, 0.1) is 0 Å². The lowest BCUT2D eigenvalue weighted by Gasteiger charge is -2.34. The molecule has 2 aliphatic heterocycles. The van der Waals surface area contributed by atoms with Crippen LogP contribution in [0.3, 0.4) is 0 Å². The summed E-state index contributed by atoms with van der Waals surface area (Å²) in [5, 5.41) is 3.43. The first-order valence-electron chi connectivity index (χ1n) is 8.06. The van der Waals surface area contributed by atoms with Gasteiger partial charge in [0.2, 0.25) is 5.82 Å². The number of hydrogen-bond acceptors (Lipinski definition) is 6. The molecule has 7 nitrogen and oxygen atoms in total. The molecular weight excluding hydrogens is 373 g/mol. The third kappa shape index (κ3) is 3.28. The van der Waals surface area contributed by atoms with Crippen molar-refractivity contribution in [2.45, 2.75) is 19.1 Å². The van der Waals surface area contributed by atoms with Crippen LogP contribution in [0.4, 0.5) is 18.0 Å². The maximum absolute atomic E-state index is 12.6. The molecule has 11 heteroatoms. The Bertz CT molecular complexity index is 813. The van der Waals surface area contributed by atoms with E-state index in [1.54, 1.807) is 15.9 Å². The summed E-state index contributed by atoms with van der Waals surface area (Å²) < 4.78 is 47.4. The van der Waals surface area contributed by atoms with E-state index in [0.717, 1.165) is 10.4 Å². The lowest BCUT2D eigenvalue weighted by molar-refractivity contribution is -0.159. The first-order valence-corrected chi connectivity index (χ1v) is 8.88. The largest absolute Gasteiger partial charge is 0.471 e. The standard InChI is InChI=1S/C15H15F3N4O3S/c16-15(17,18)13-19-12(20-25-13)10-7-9-1-2-22(8-11(9)26-10)14(23)21-3-5-24-6-4-21/h7H,1-6,8H2. The van der Waals surface area contributed by atoms with Gasteiger partial charge in [-0.2, -0.15) is 18.2 Å². The first-order chi connectivity index (χ1) is 12.4. The number of rotatable bonds is 1. The summed E-state index contributed by atoms with van der Waals surface area (Å²) in [7, 11) is 0. The molecule has 0 bridgehead atoms. The molecule has 0 spiro atoms. The second-order valence-electron chi connectivity index (χ2n) is 6.03. The predicted molar refractivity (Wildman–Crippen MR) is 84.5 cm³/mol. The third-order valence-electron chi connectivity index (χ3n) is 4.32. The van der Waals surface area contributed by atoms with Crippen molar-refractivity contribution in [3.63, 3.8) is 0 Å². The van der Waals surface area contributed by atoms with Crippen molar-refractivity contribution in [2.75, 3.05) is 32.8 Å². The van der Waals surface area contributed by atoms with Crippen molar-refractivity contribution in [1.29, 1.82) is 0 Å². The molecule has 0 aliphatic carbocycles. The maximum atomic E-state index is 12.6. The molecule has 1 fully saturated rings. The van der Waals surface area contributed by atoms with Crippen molar-refractivity contribution in [1.82, 2.24) is 19.9 Å². The summed E-state index contributed by atoms with van der Waals surface area (Å²) >= 11 is 1.29. The van der Waals surface area contributed by atoms with Gasteiger partial charge in [0.25, 0.3) is 0 Å². The molecule has 0 radical (unpaired) electrons. The second kappa shape index (κ2) is 6.54. The van der Waals surface area contributed by atoms with Gasteiger partial charge in [0.15, 0.2) is 0 Å². The van der Waals surface area contributed by atoms with E-state index in [1.807, 2.05) is 0 Å². The molecule has 140 valence electrons. The molecule has 2 amide bonds. The van der Waals surface area contributed by atoms with E-state index in [0.29, 0.717) is 50.7 Å². The lowest BCUT2D eigenvalue weighted by Crippen LogP contribution is -2.49. The summed E-state index contributed by atoms with van der Waals surface area (Å²) in [6.07, 6.45) is -4.02. The van der Waals surface area contributed by atoms with Crippen LogP contribution in [0.15, 0.2) is 10.6 Å². The highest BCUT2D eigenvalue weighted by molar-refractivity contribution is 7.15. The minimum Gasteiger partial charge on any atom is -0.378 e. The molecule has 0 N–H and O–H groups in total. The van der Waals surface area contributed by atoms with Gasteiger partial charge in [-0.15, -0.1) is 11.3 Å². The van der Waals surface area contributed by atoms with Gasteiger partial charge in [0.1, 0.15) is 0 Å². The number of nitrogens with zero attached hydrogens (tertiary/aromatic N) is 4. The zero-order valence-electron chi connectivity index (χ0n) is 13.6. The highest BCUT2D eigenvalue weighted by atomic mass is 32.1. The Hall–Kier alpha value is -2.14. The zero-order chi connectivity index (χ0) is 18.3. The summed E-state index contributed by atoms with van der Waals surface area (Å²) in [6.45, 7) is 3.21. The molecule has 4 heterocycles. The number of morpholine rings is 1. The van der Waals surface area contributed by atoms with Crippen molar-refractivity contribution < 1.29 is 27.2 Å². The van der Waals surface area contributed by atoms with Crippen LogP contribution >= 0.6 is 11.3 Å². The summed E-state index contributed by atoms with van der Waals surface area (Å²) in [6, 6.07) is 1.74. The van der Waals surface area contributed by atoms with Crippen LogP contribution in [0.1, 0.15) is 16.3 Å². The zero-order valence-corrected chi connectivity index (χ0v) is 14.4. The van der Waals surface area contributed by atoms with Crippen LogP contribution in [0.2, 0.25) is 0 Å². The van der Waals surface area contributed by atoms with Crippen LogP contribution in [-0.2, 0) is 23.9 Å². The lowest BCUT2D eigenvalue weighted by atomic mass is 10.1. The average molecular weight is 388 g/mol. The normalized spacial score (nSPS) is 18.1. The number of thiophene rings is 1. The Morgan fingerprint density at radius 3 is 2.65 bits per heavy atom. The van der Waals surface area contributed by atoms with E-state index in [1.165, 1.54) is 11.3 Å². The predicted octanol–water partition coefficient (Wildman–Crippen LogP) is 2.63. The third-order valence-corrected chi connectivity index (χ3v) is 5.48. The fourth-order valence-electron chi connectivity index (χ4n) is 2.99. The van der Waals surface area contributed by atoms with Gasteiger partial charge < -0.3 is 19.1 Å². The number of aromatic nitrogens is 2. The van der Waals surface area contributed by atoms with Gasteiger partial charge in [0, 0.05) is 24.5 Å². The van der Waals surface area contributed by atoms with Crippen LogP contribution in [-0.4, -0.2) is 58.8 Å². The van der Waals surface area contributed by atoms with E-state index in [2.05, 4.69) is 14.7 Å². The minimum atomic E-state index is -4.66. The Balaban J connectivity index is 1.50. The molecule has 26 heavy (non-hydrogen) atoms. The van der Waals surface area contributed by atoms with Crippen LogP contribution < -0.4 is 0 Å². The molecule has 2 aliphatic rings. The summed E-state index contributed by atoms with van der Waals surface area (Å²) in [5.41, 5.74) is 1.01. The monoisotopic (exact) mass is 388 g/mol. The van der Waals surface area contributed by atoms with Crippen molar-refractivity contribution in [3.8, 4) is 10.7 Å². The Morgan fingerprint density at radius 2 is 1.96 bits per heavy atom. The molecule has 0 unspecified atom stereocenters. The number of halogens is 3. The Kier molecular flexibility index (Phi) is 4.35. The summed E-state index contributed by atoms with van der Waals surface area (Å²) in [5.74, 6) is -1.44. The highest BCUT2D eigenvalue weighted by Gasteiger charge is 2.39. The quantitative estimate of drug-likeness (QED) is 0.751. The van der Waals surface area contributed by atoms with E-state index in [-0.39, 0.29) is 11.9 Å². The number of amides is 2. The van der Waals surface area contributed by atoms with Gasteiger partial charge in [-0.05, 0) is 18.1 Å². The van der Waals surface area contributed by atoms with E-state index >= 15 is 0 Å². The Labute approximate surface area is 150 Å². The van der Waals surface area contributed by atoms with E-state index in [4.69, 9.17) is 4.74 Å². The number of urea groups is 1. The van der Waals surface area contributed by atoms with E-state index in [9.17, 15) is 18.0 Å². The molecule has 4 rings (SSSR count). The van der Waals surface area contributed by atoms with Crippen molar-refractivity contribution in [3.05, 3.63) is 22.4 Å². The number of fused-ring (bicyclic) bond motifs is 1. The second-order valence-corrected chi connectivity index (χ2v) is 7.17. The maximum Gasteiger partial charge on any atom is 0.471 e. The SMILES string of the molecule is O=C(N1CCOCC1)N1CCc2cc(-c3noc(C(F)(F)F)n3)sc2C1. The number of hydrogen-bond donors (Lipinski definition) is 0. The summed E-state index contributed by atoms with van der Waals surface area (Å²) in [4.78, 5) is 21.0. The van der Waals surface area contributed by atoms with Gasteiger partial charge in [-0.25, -0.2) is 4.79 Å². The van der Waals surface area contributed by atoms with Gasteiger partial charge in [-0.3, -0.25) is 0 Å². The first kappa shape index (κ1) is 17.3. The average Bonchev–Trinajstić information content (AvgIpc) is 3.27. The Morgan fingerprint density at radius 1 is 1.19 bits per heavy atom. The fraction of sp³-hybridized carbons (Fsp3) is 0.533. The number of carbonyl (C=O) groups is 1. The number of carbonyl (C=O) groups excluding carboxylic acids is 1. The molecule has 0 aromatic carbocycles. The van der Waals surface area contributed by atoms with Crippen molar-refractivity contribution >= 4 is 17.4 Å². The smallest absolute Gasteiger partial charge is 0.378 e. The molecular formula is C15H15F3N4O3S. The topological polar surface area (TPSA) is 71.7 Å². The highest BCUT2D eigenvalue weighted by Crippen LogP contribution is 2.35. The minimum absolute atomic E-state index is 0.0344. The van der Waals surface area contributed by atoms with E-state index < -0.39 is 12.1 Å².